The van der Waals surface area contributed by atoms with Crippen molar-refractivity contribution in [2.24, 2.45) is 0 Å². The fourth-order valence-electron chi connectivity index (χ4n) is 4.24. The van der Waals surface area contributed by atoms with E-state index in [2.05, 4.69) is 66.5 Å². The number of hydrogen-bond acceptors (Lipinski definition) is 3. The zero-order valence-corrected chi connectivity index (χ0v) is 16.2. The van der Waals surface area contributed by atoms with Gasteiger partial charge in [-0.05, 0) is 67.5 Å². The summed E-state index contributed by atoms with van der Waals surface area (Å²) in [6.45, 7) is 7.27. The molecule has 27 heavy (non-hydrogen) atoms. The van der Waals surface area contributed by atoms with Gasteiger partial charge in [0.25, 0.3) is 0 Å². The number of likely N-dealkylation sites (tertiary alicyclic amines) is 1. The van der Waals surface area contributed by atoms with Crippen LogP contribution in [0.5, 0.6) is 0 Å². The second kappa shape index (κ2) is 7.73. The van der Waals surface area contributed by atoms with Crippen LogP contribution in [0.1, 0.15) is 42.5 Å². The lowest BCUT2D eigenvalue weighted by Crippen LogP contribution is -2.28. The third-order valence-electron chi connectivity index (χ3n) is 5.97. The Balaban J connectivity index is 1.43. The molecule has 142 valence electrons. The van der Waals surface area contributed by atoms with Gasteiger partial charge in [-0.1, -0.05) is 42.5 Å². The number of nitrogens with zero attached hydrogens (tertiary/aromatic N) is 1. The van der Waals surface area contributed by atoms with E-state index >= 15 is 0 Å². The highest BCUT2D eigenvalue weighted by Crippen LogP contribution is 2.28. The van der Waals surface area contributed by atoms with Crippen LogP contribution in [0.25, 0.3) is 11.1 Å². The maximum atomic E-state index is 11.3. The summed E-state index contributed by atoms with van der Waals surface area (Å²) in [7, 11) is 0. The van der Waals surface area contributed by atoms with Gasteiger partial charge in [0.05, 0.1) is 6.04 Å². The molecule has 0 aromatic heterocycles. The molecular weight excluding hydrogens is 336 g/mol. The van der Waals surface area contributed by atoms with Gasteiger partial charge in [0.2, 0.25) is 0 Å². The maximum absolute atomic E-state index is 11.3. The highest BCUT2D eigenvalue weighted by Gasteiger charge is 2.24. The highest BCUT2D eigenvalue weighted by molar-refractivity contribution is 5.71. The summed E-state index contributed by atoms with van der Waals surface area (Å²) in [6, 6.07) is 16.1. The number of aryl methyl sites for hydroxylation is 1. The van der Waals surface area contributed by atoms with Crippen molar-refractivity contribution in [1.82, 2.24) is 10.2 Å². The number of benzene rings is 2. The van der Waals surface area contributed by atoms with Crippen LogP contribution >= 0.6 is 0 Å². The first kappa shape index (κ1) is 18.1. The molecule has 2 atom stereocenters. The Bertz CT molecular complexity index is 816. The first-order valence-electron chi connectivity index (χ1n) is 9.97. The van der Waals surface area contributed by atoms with Gasteiger partial charge in [-0.25, -0.2) is 4.79 Å². The van der Waals surface area contributed by atoms with Gasteiger partial charge < -0.3 is 15.0 Å². The normalized spacial score (nSPS) is 22.7. The molecule has 0 unspecified atom stereocenters. The summed E-state index contributed by atoms with van der Waals surface area (Å²) < 4.78 is 5.00. The smallest absolute Gasteiger partial charge is 0.407 e. The van der Waals surface area contributed by atoms with Crippen molar-refractivity contribution in [2.75, 3.05) is 19.7 Å². The Morgan fingerprint density at radius 1 is 1.19 bits per heavy atom. The highest BCUT2D eigenvalue weighted by atomic mass is 16.6. The third-order valence-corrected chi connectivity index (χ3v) is 5.97. The Morgan fingerprint density at radius 3 is 2.63 bits per heavy atom. The number of nitrogens with one attached hydrogen (secondary N) is 1. The molecule has 2 saturated heterocycles. The second-order valence-electron chi connectivity index (χ2n) is 7.84. The molecule has 2 aromatic carbocycles. The molecule has 1 N–H and O–H groups in total. The van der Waals surface area contributed by atoms with Crippen LogP contribution in [-0.2, 0) is 11.2 Å². The summed E-state index contributed by atoms with van der Waals surface area (Å²) in [5, 5.41) is 2.84. The minimum Gasteiger partial charge on any atom is -0.447 e. The van der Waals surface area contributed by atoms with Gasteiger partial charge >= 0.3 is 6.09 Å². The minimum atomic E-state index is -0.333. The summed E-state index contributed by atoms with van der Waals surface area (Å²) in [4.78, 5) is 13.9. The second-order valence-corrected chi connectivity index (χ2v) is 7.84. The zero-order chi connectivity index (χ0) is 18.8. The van der Waals surface area contributed by atoms with Crippen molar-refractivity contribution >= 4 is 6.09 Å². The van der Waals surface area contributed by atoms with Gasteiger partial charge in [0.15, 0.2) is 0 Å². The van der Waals surface area contributed by atoms with E-state index in [1.807, 2.05) is 0 Å². The lowest BCUT2D eigenvalue weighted by molar-refractivity contribution is 0.177. The molecule has 0 aliphatic carbocycles. The molecule has 4 heteroatoms. The molecule has 2 fully saturated rings. The molecule has 2 aromatic rings. The maximum Gasteiger partial charge on any atom is 0.407 e. The topological polar surface area (TPSA) is 41.6 Å². The largest absolute Gasteiger partial charge is 0.447 e. The fourth-order valence-corrected chi connectivity index (χ4v) is 4.24. The van der Waals surface area contributed by atoms with Crippen LogP contribution in [0.2, 0.25) is 0 Å². The minimum absolute atomic E-state index is 0.0411. The summed E-state index contributed by atoms with van der Waals surface area (Å²) in [5.74, 6) is 0. The molecule has 4 rings (SSSR count). The molecular formula is C23H28N2O2. The van der Waals surface area contributed by atoms with E-state index in [1.54, 1.807) is 0 Å². The standard InChI is InChI=1S/C23H28N2O2/c1-16-14-20(22-15-27-23(26)24-22)9-10-21(16)19-7-5-18(6-8-19)11-13-25-12-3-4-17(25)2/h5-10,14,17,22H,3-4,11-13,15H2,1-2H3,(H,24,26)/t17-,22+/m1/s1. The number of hydrogen-bond donors (Lipinski definition) is 1. The van der Waals surface area contributed by atoms with Gasteiger partial charge in [-0.3, -0.25) is 0 Å². The lowest BCUT2D eigenvalue weighted by atomic mass is 9.95. The summed E-state index contributed by atoms with van der Waals surface area (Å²) >= 11 is 0. The van der Waals surface area contributed by atoms with E-state index in [1.165, 1.54) is 41.6 Å². The number of alkyl carbamates (subject to hydrolysis) is 1. The number of rotatable bonds is 5. The third kappa shape index (κ3) is 4.01. The Morgan fingerprint density at radius 2 is 2.00 bits per heavy atom. The number of cyclic esters (lactones) is 1. The van der Waals surface area contributed by atoms with Gasteiger partial charge in [0, 0.05) is 12.6 Å². The number of carbonyl (C=O) groups is 1. The van der Waals surface area contributed by atoms with Gasteiger partial charge in [-0.15, -0.1) is 0 Å². The van der Waals surface area contributed by atoms with E-state index in [0.29, 0.717) is 6.61 Å². The fraction of sp³-hybridized carbons (Fsp3) is 0.435. The van der Waals surface area contributed by atoms with Crippen LogP contribution in [0.15, 0.2) is 42.5 Å². The van der Waals surface area contributed by atoms with Crippen LogP contribution in [0.4, 0.5) is 4.79 Å². The molecule has 0 radical (unpaired) electrons. The molecule has 2 aliphatic rings. The Kier molecular flexibility index (Phi) is 5.17. The molecule has 2 aliphatic heterocycles. The Hall–Kier alpha value is -2.33. The first-order chi connectivity index (χ1) is 13.1. The van der Waals surface area contributed by atoms with Crippen LogP contribution < -0.4 is 5.32 Å². The SMILES string of the molecule is Cc1cc([C@@H]2COC(=O)N2)ccc1-c1ccc(CCN2CCC[C@H]2C)cc1. The average Bonchev–Trinajstić information content (AvgIpc) is 3.29. The molecule has 0 bridgehead atoms. The van der Waals surface area contributed by atoms with Crippen LogP contribution in [0.3, 0.4) is 0 Å². The van der Waals surface area contributed by atoms with E-state index in [4.69, 9.17) is 4.74 Å². The van der Waals surface area contributed by atoms with Crippen molar-refractivity contribution in [3.8, 4) is 11.1 Å². The number of carbonyl (C=O) groups excluding carboxylic acids is 1. The summed E-state index contributed by atoms with van der Waals surface area (Å²) in [5.41, 5.74) is 6.19. The Labute approximate surface area is 161 Å². The molecule has 1 amide bonds. The molecule has 4 nitrogen and oxygen atoms in total. The van der Waals surface area contributed by atoms with E-state index in [9.17, 15) is 4.79 Å². The van der Waals surface area contributed by atoms with Gasteiger partial charge in [-0.2, -0.15) is 0 Å². The van der Waals surface area contributed by atoms with Gasteiger partial charge in [0.1, 0.15) is 6.61 Å². The van der Waals surface area contributed by atoms with E-state index < -0.39 is 0 Å². The average molecular weight is 364 g/mol. The van der Waals surface area contributed by atoms with E-state index in [0.717, 1.165) is 24.6 Å². The number of amides is 1. The lowest BCUT2D eigenvalue weighted by Gasteiger charge is -2.20. The van der Waals surface area contributed by atoms with Crippen molar-refractivity contribution in [3.63, 3.8) is 0 Å². The van der Waals surface area contributed by atoms with Crippen molar-refractivity contribution in [3.05, 3.63) is 59.2 Å². The summed E-state index contributed by atoms with van der Waals surface area (Å²) in [6.07, 6.45) is 3.46. The zero-order valence-electron chi connectivity index (χ0n) is 16.2. The molecule has 0 saturated carbocycles. The predicted molar refractivity (Wildman–Crippen MR) is 108 cm³/mol. The first-order valence-corrected chi connectivity index (χ1v) is 9.97. The number of ether oxygens (including phenoxy) is 1. The monoisotopic (exact) mass is 364 g/mol. The van der Waals surface area contributed by atoms with Crippen LogP contribution in [-0.4, -0.2) is 36.7 Å². The predicted octanol–water partition coefficient (Wildman–Crippen LogP) is 4.47. The molecule has 2 heterocycles. The van der Waals surface area contributed by atoms with E-state index in [-0.39, 0.29) is 12.1 Å². The van der Waals surface area contributed by atoms with Crippen LogP contribution in [0, 0.1) is 6.92 Å². The molecule has 0 spiro atoms. The van der Waals surface area contributed by atoms with Crippen molar-refractivity contribution in [1.29, 1.82) is 0 Å². The van der Waals surface area contributed by atoms with Crippen molar-refractivity contribution < 1.29 is 9.53 Å². The van der Waals surface area contributed by atoms with Crippen molar-refractivity contribution in [2.45, 2.75) is 45.2 Å². The quantitative estimate of drug-likeness (QED) is 0.851.